The van der Waals surface area contributed by atoms with Crippen molar-refractivity contribution in [1.29, 1.82) is 0 Å². The van der Waals surface area contributed by atoms with Crippen molar-refractivity contribution in [3.05, 3.63) is 40.0 Å². The van der Waals surface area contributed by atoms with E-state index in [9.17, 15) is 0 Å². The molecule has 4 nitrogen and oxygen atoms in total. The summed E-state index contributed by atoms with van der Waals surface area (Å²) in [4.78, 5) is 0. The third-order valence-corrected chi connectivity index (χ3v) is 3.81. The van der Waals surface area contributed by atoms with Crippen LogP contribution in [0.2, 0.25) is 0 Å². The number of aromatic nitrogens is 2. The van der Waals surface area contributed by atoms with E-state index in [-0.39, 0.29) is 6.04 Å². The Morgan fingerprint density at radius 3 is 2.76 bits per heavy atom. The van der Waals surface area contributed by atoms with Crippen molar-refractivity contribution in [2.45, 2.75) is 33.2 Å². The summed E-state index contributed by atoms with van der Waals surface area (Å²) in [6.07, 6.45) is 1.11. The number of halogens is 1. The van der Waals surface area contributed by atoms with E-state index in [1.807, 2.05) is 32.2 Å². The van der Waals surface area contributed by atoms with Crippen LogP contribution < -0.4 is 10.1 Å². The molecule has 0 radical (unpaired) electrons. The van der Waals surface area contributed by atoms with E-state index in [1.165, 1.54) is 0 Å². The maximum atomic E-state index is 6.06. The Morgan fingerprint density at radius 1 is 1.38 bits per heavy atom. The van der Waals surface area contributed by atoms with E-state index in [2.05, 4.69) is 46.3 Å². The Morgan fingerprint density at radius 2 is 2.14 bits per heavy atom. The smallest absolute Gasteiger partial charge is 0.217 e. The molecule has 114 valence electrons. The molecule has 1 aromatic carbocycles. The highest BCUT2D eigenvalue weighted by atomic mass is 79.9. The number of nitrogens with one attached hydrogen (secondary N) is 1. The molecule has 0 saturated heterocycles. The number of benzene rings is 1. The van der Waals surface area contributed by atoms with E-state index >= 15 is 0 Å². The highest BCUT2D eigenvalue weighted by Gasteiger charge is 2.14. The minimum atomic E-state index is 0.228. The molecule has 2 rings (SSSR count). The molecule has 1 unspecified atom stereocenters. The van der Waals surface area contributed by atoms with Gasteiger partial charge in [-0.2, -0.15) is 5.10 Å². The highest BCUT2D eigenvalue weighted by molar-refractivity contribution is 9.10. The average molecular weight is 352 g/mol. The lowest BCUT2D eigenvalue weighted by Gasteiger charge is -2.18. The SMILES string of the molecule is CCCNC(C)c1cc(Br)ccc1Oc1cc(C)nn1C. The van der Waals surface area contributed by atoms with Gasteiger partial charge in [-0.1, -0.05) is 22.9 Å². The van der Waals surface area contributed by atoms with Crippen LogP contribution in [-0.2, 0) is 7.05 Å². The fourth-order valence-corrected chi connectivity index (χ4v) is 2.60. The molecule has 1 N–H and O–H groups in total. The van der Waals surface area contributed by atoms with Gasteiger partial charge in [0.1, 0.15) is 5.75 Å². The van der Waals surface area contributed by atoms with Gasteiger partial charge in [-0.05, 0) is 45.0 Å². The first-order valence-corrected chi connectivity index (χ1v) is 8.02. The zero-order valence-corrected chi connectivity index (χ0v) is 14.6. The topological polar surface area (TPSA) is 39.1 Å². The number of aryl methyl sites for hydroxylation is 2. The number of hydrogen-bond donors (Lipinski definition) is 1. The molecule has 21 heavy (non-hydrogen) atoms. The van der Waals surface area contributed by atoms with Crippen LogP contribution in [0, 0.1) is 6.92 Å². The maximum Gasteiger partial charge on any atom is 0.217 e. The van der Waals surface area contributed by atoms with Crippen LogP contribution in [0.25, 0.3) is 0 Å². The zero-order valence-electron chi connectivity index (χ0n) is 13.0. The van der Waals surface area contributed by atoms with Gasteiger partial charge in [0.05, 0.1) is 5.69 Å². The standard InChI is InChI=1S/C16H22BrN3O/c1-5-8-18-12(3)14-10-13(17)6-7-15(14)21-16-9-11(2)19-20(16)4/h6-7,9-10,12,18H,5,8H2,1-4H3. The highest BCUT2D eigenvalue weighted by Crippen LogP contribution is 2.32. The summed E-state index contributed by atoms with van der Waals surface area (Å²) in [5.41, 5.74) is 2.08. The fourth-order valence-electron chi connectivity index (χ4n) is 2.22. The number of hydrogen-bond acceptors (Lipinski definition) is 3. The summed E-state index contributed by atoms with van der Waals surface area (Å²) in [5, 5.41) is 7.81. The third-order valence-electron chi connectivity index (χ3n) is 3.31. The lowest BCUT2D eigenvalue weighted by Crippen LogP contribution is -2.19. The second kappa shape index (κ2) is 7.09. The Hall–Kier alpha value is -1.33. The van der Waals surface area contributed by atoms with E-state index < -0.39 is 0 Å². The largest absolute Gasteiger partial charge is 0.439 e. The average Bonchev–Trinajstić information content (AvgIpc) is 2.76. The van der Waals surface area contributed by atoms with Crippen molar-refractivity contribution in [2.24, 2.45) is 7.05 Å². The molecular weight excluding hydrogens is 330 g/mol. The van der Waals surface area contributed by atoms with Gasteiger partial charge >= 0.3 is 0 Å². The maximum absolute atomic E-state index is 6.06. The van der Waals surface area contributed by atoms with Gasteiger partial charge in [0.2, 0.25) is 5.88 Å². The molecule has 0 bridgehead atoms. The first-order chi connectivity index (χ1) is 10.0. The van der Waals surface area contributed by atoms with E-state index in [0.29, 0.717) is 0 Å². The normalized spacial score (nSPS) is 12.4. The molecule has 2 aromatic rings. The summed E-state index contributed by atoms with van der Waals surface area (Å²) >= 11 is 3.54. The van der Waals surface area contributed by atoms with Gasteiger partial charge in [0, 0.05) is 29.2 Å². The van der Waals surface area contributed by atoms with Crippen molar-refractivity contribution in [1.82, 2.24) is 15.1 Å². The van der Waals surface area contributed by atoms with Crippen molar-refractivity contribution < 1.29 is 4.74 Å². The van der Waals surface area contributed by atoms with Crippen LogP contribution in [0.1, 0.15) is 37.6 Å². The molecular formula is C16H22BrN3O. The van der Waals surface area contributed by atoms with Gasteiger partial charge in [0.25, 0.3) is 0 Å². The van der Waals surface area contributed by atoms with Gasteiger partial charge in [0.15, 0.2) is 0 Å². The molecule has 5 heteroatoms. The van der Waals surface area contributed by atoms with Crippen LogP contribution in [-0.4, -0.2) is 16.3 Å². The van der Waals surface area contributed by atoms with Crippen molar-refractivity contribution in [3.63, 3.8) is 0 Å². The first kappa shape index (κ1) is 16.0. The summed E-state index contributed by atoms with van der Waals surface area (Å²) < 4.78 is 8.86. The van der Waals surface area contributed by atoms with Gasteiger partial charge < -0.3 is 10.1 Å². The Balaban J connectivity index is 2.28. The lowest BCUT2D eigenvalue weighted by atomic mass is 10.1. The predicted molar refractivity (Wildman–Crippen MR) is 88.9 cm³/mol. The quantitative estimate of drug-likeness (QED) is 0.840. The van der Waals surface area contributed by atoms with E-state index in [0.717, 1.165) is 40.3 Å². The molecule has 0 aliphatic rings. The number of ether oxygens (including phenoxy) is 1. The summed E-state index contributed by atoms with van der Waals surface area (Å²) in [5.74, 6) is 1.61. The predicted octanol–water partition coefficient (Wildman–Crippen LogP) is 4.34. The van der Waals surface area contributed by atoms with Crippen molar-refractivity contribution in [3.8, 4) is 11.6 Å². The molecule has 1 aromatic heterocycles. The molecule has 1 atom stereocenters. The second-order valence-corrected chi connectivity index (χ2v) is 6.12. The van der Waals surface area contributed by atoms with Crippen LogP contribution in [0.3, 0.4) is 0 Å². The summed E-state index contributed by atoms with van der Waals surface area (Å²) in [7, 11) is 1.89. The van der Waals surface area contributed by atoms with Crippen molar-refractivity contribution in [2.75, 3.05) is 6.54 Å². The lowest BCUT2D eigenvalue weighted by molar-refractivity contribution is 0.418. The van der Waals surface area contributed by atoms with Crippen LogP contribution in [0.15, 0.2) is 28.7 Å². The Bertz CT molecular complexity index is 610. The second-order valence-electron chi connectivity index (χ2n) is 5.21. The Labute approximate surface area is 134 Å². The van der Waals surface area contributed by atoms with Gasteiger partial charge in [-0.3, -0.25) is 0 Å². The molecule has 0 fully saturated rings. The summed E-state index contributed by atoms with van der Waals surface area (Å²) in [6.45, 7) is 7.26. The molecule has 0 spiro atoms. The fraction of sp³-hybridized carbons (Fsp3) is 0.438. The summed E-state index contributed by atoms with van der Waals surface area (Å²) in [6, 6.07) is 8.26. The molecule has 0 saturated carbocycles. The minimum absolute atomic E-state index is 0.228. The number of rotatable bonds is 6. The Kier molecular flexibility index (Phi) is 5.42. The van der Waals surface area contributed by atoms with E-state index in [4.69, 9.17) is 4.74 Å². The third kappa shape index (κ3) is 4.08. The molecule has 1 heterocycles. The molecule has 0 aliphatic carbocycles. The van der Waals surface area contributed by atoms with Crippen molar-refractivity contribution >= 4 is 15.9 Å². The molecule has 0 amide bonds. The van der Waals surface area contributed by atoms with Crippen LogP contribution >= 0.6 is 15.9 Å². The minimum Gasteiger partial charge on any atom is -0.439 e. The van der Waals surface area contributed by atoms with Crippen LogP contribution in [0.4, 0.5) is 0 Å². The van der Waals surface area contributed by atoms with Crippen LogP contribution in [0.5, 0.6) is 11.6 Å². The van der Waals surface area contributed by atoms with Gasteiger partial charge in [-0.15, -0.1) is 0 Å². The first-order valence-electron chi connectivity index (χ1n) is 7.22. The molecule has 0 aliphatic heterocycles. The monoisotopic (exact) mass is 351 g/mol. The van der Waals surface area contributed by atoms with E-state index in [1.54, 1.807) is 4.68 Å². The van der Waals surface area contributed by atoms with Gasteiger partial charge in [-0.25, -0.2) is 4.68 Å². The zero-order chi connectivity index (χ0) is 15.4. The number of nitrogens with zero attached hydrogens (tertiary/aromatic N) is 2.